The Morgan fingerprint density at radius 3 is 2.74 bits per heavy atom. The number of hydrogen-bond acceptors (Lipinski definition) is 4. The van der Waals surface area contributed by atoms with Gasteiger partial charge in [0.1, 0.15) is 11.6 Å². The third kappa shape index (κ3) is 5.47. The fourth-order valence-corrected chi connectivity index (χ4v) is 2.40. The van der Waals surface area contributed by atoms with Crippen molar-refractivity contribution in [2.24, 2.45) is 0 Å². The molecule has 0 bridgehead atoms. The molecule has 3 aromatic rings. The van der Waals surface area contributed by atoms with Gasteiger partial charge in [-0.15, -0.1) is 0 Å². The van der Waals surface area contributed by atoms with E-state index in [1.165, 1.54) is 24.4 Å². The quantitative estimate of drug-likeness (QED) is 0.663. The molecule has 5 nitrogen and oxygen atoms in total. The maximum Gasteiger partial charge on any atom is 0.244 e. The van der Waals surface area contributed by atoms with E-state index >= 15 is 0 Å². The van der Waals surface area contributed by atoms with Crippen molar-refractivity contribution in [1.82, 2.24) is 15.3 Å². The van der Waals surface area contributed by atoms with Crippen molar-refractivity contribution >= 4 is 12.0 Å². The molecule has 0 radical (unpaired) electrons. The lowest BCUT2D eigenvalue weighted by molar-refractivity contribution is -0.117. The average molecular weight is 363 g/mol. The molecule has 3 rings (SSSR count). The number of hydrogen-bond donors (Lipinski definition) is 1. The highest BCUT2D eigenvalue weighted by Crippen LogP contribution is 2.22. The first-order chi connectivity index (χ1) is 13.1. The van der Waals surface area contributed by atoms with E-state index in [-0.39, 0.29) is 17.8 Å². The standard InChI is InChI=1S/C21H18FN3O2/c1-15(25-20(26)10-7-16-5-8-18(22)9-6-16)17-3-2-4-19(13-17)27-21-14-23-11-12-24-21/h2-15H,1H3,(H,25,26)/b10-7+. The zero-order valence-electron chi connectivity index (χ0n) is 14.7. The van der Waals surface area contributed by atoms with Gasteiger partial charge in [-0.1, -0.05) is 24.3 Å². The lowest BCUT2D eigenvalue weighted by Crippen LogP contribution is -2.24. The van der Waals surface area contributed by atoms with Crippen LogP contribution in [0.4, 0.5) is 4.39 Å². The second kappa shape index (κ2) is 8.71. The van der Waals surface area contributed by atoms with Crippen LogP contribution in [0.3, 0.4) is 0 Å². The number of rotatable bonds is 6. The molecule has 0 saturated heterocycles. The molecule has 1 amide bonds. The smallest absolute Gasteiger partial charge is 0.244 e. The molecule has 1 unspecified atom stereocenters. The molecule has 1 atom stereocenters. The van der Waals surface area contributed by atoms with Crippen LogP contribution in [-0.4, -0.2) is 15.9 Å². The first-order valence-corrected chi connectivity index (χ1v) is 8.38. The van der Waals surface area contributed by atoms with E-state index in [4.69, 9.17) is 4.74 Å². The highest BCUT2D eigenvalue weighted by Gasteiger charge is 2.09. The van der Waals surface area contributed by atoms with Crippen molar-refractivity contribution in [2.75, 3.05) is 0 Å². The lowest BCUT2D eigenvalue weighted by Gasteiger charge is -2.14. The van der Waals surface area contributed by atoms with E-state index in [1.807, 2.05) is 25.1 Å². The van der Waals surface area contributed by atoms with Crippen LogP contribution in [0.5, 0.6) is 11.6 Å². The van der Waals surface area contributed by atoms with E-state index in [0.29, 0.717) is 11.6 Å². The van der Waals surface area contributed by atoms with Crippen molar-refractivity contribution < 1.29 is 13.9 Å². The molecule has 0 spiro atoms. The first-order valence-electron chi connectivity index (χ1n) is 8.38. The zero-order valence-corrected chi connectivity index (χ0v) is 14.7. The summed E-state index contributed by atoms with van der Waals surface area (Å²) >= 11 is 0. The fraction of sp³-hybridized carbons (Fsp3) is 0.0952. The summed E-state index contributed by atoms with van der Waals surface area (Å²) in [7, 11) is 0. The van der Waals surface area contributed by atoms with Gasteiger partial charge in [-0.05, 0) is 48.4 Å². The van der Waals surface area contributed by atoms with Crippen LogP contribution in [0.25, 0.3) is 6.08 Å². The van der Waals surface area contributed by atoms with E-state index in [2.05, 4.69) is 15.3 Å². The van der Waals surface area contributed by atoms with Crippen LogP contribution < -0.4 is 10.1 Å². The monoisotopic (exact) mass is 363 g/mol. The Labute approximate surface area is 156 Å². The molecule has 0 saturated carbocycles. The predicted molar refractivity (Wildman–Crippen MR) is 101 cm³/mol. The highest BCUT2D eigenvalue weighted by molar-refractivity contribution is 5.91. The molecule has 6 heteroatoms. The summed E-state index contributed by atoms with van der Waals surface area (Å²) in [6, 6.07) is 13.1. The summed E-state index contributed by atoms with van der Waals surface area (Å²) in [6.45, 7) is 1.88. The van der Waals surface area contributed by atoms with Gasteiger partial charge in [-0.2, -0.15) is 0 Å². The molecule has 1 N–H and O–H groups in total. The van der Waals surface area contributed by atoms with E-state index in [9.17, 15) is 9.18 Å². The minimum atomic E-state index is -0.311. The molecule has 27 heavy (non-hydrogen) atoms. The number of benzene rings is 2. The Kier molecular flexibility index (Phi) is 5.89. The van der Waals surface area contributed by atoms with Gasteiger partial charge in [0.15, 0.2) is 0 Å². The molecular weight excluding hydrogens is 345 g/mol. The number of halogens is 1. The Morgan fingerprint density at radius 2 is 2.00 bits per heavy atom. The minimum absolute atomic E-state index is 0.222. The summed E-state index contributed by atoms with van der Waals surface area (Å²) in [5, 5.41) is 2.89. The van der Waals surface area contributed by atoms with Gasteiger partial charge in [-0.3, -0.25) is 9.78 Å². The number of nitrogens with one attached hydrogen (secondary N) is 1. The molecular formula is C21H18FN3O2. The molecule has 1 heterocycles. The summed E-state index contributed by atoms with van der Waals surface area (Å²) in [4.78, 5) is 20.1. The SMILES string of the molecule is CC(NC(=O)/C=C/c1ccc(F)cc1)c1cccc(Oc2cnccn2)c1. The minimum Gasteiger partial charge on any atom is -0.437 e. The van der Waals surface area contributed by atoms with Gasteiger partial charge in [0.25, 0.3) is 0 Å². The van der Waals surface area contributed by atoms with Gasteiger partial charge >= 0.3 is 0 Å². The number of aromatic nitrogens is 2. The van der Waals surface area contributed by atoms with Crippen LogP contribution >= 0.6 is 0 Å². The van der Waals surface area contributed by atoms with Crippen LogP contribution in [-0.2, 0) is 4.79 Å². The van der Waals surface area contributed by atoms with Gasteiger partial charge < -0.3 is 10.1 Å². The third-order valence-electron chi connectivity index (χ3n) is 3.78. The van der Waals surface area contributed by atoms with E-state index in [1.54, 1.807) is 36.7 Å². The van der Waals surface area contributed by atoms with Crippen molar-refractivity contribution in [2.45, 2.75) is 13.0 Å². The van der Waals surface area contributed by atoms with Gasteiger partial charge in [0.05, 0.1) is 12.2 Å². The summed E-state index contributed by atoms with van der Waals surface area (Å²) in [5.41, 5.74) is 1.64. The Hall–Kier alpha value is -3.54. The topological polar surface area (TPSA) is 64.1 Å². The van der Waals surface area contributed by atoms with E-state index in [0.717, 1.165) is 11.1 Å². The number of carbonyl (C=O) groups is 1. The second-order valence-corrected chi connectivity index (χ2v) is 5.83. The fourth-order valence-electron chi connectivity index (χ4n) is 2.40. The van der Waals surface area contributed by atoms with Crippen LogP contribution in [0.15, 0.2) is 73.2 Å². The molecule has 136 valence electrons. The summed E-state index contributed by atoms with van der Waals surface area (Å²) in [5.74, 6) is 0.449. The molecule has 2 aromatic carbocycles. The zero-order chi connectivity index (χ0) is 19.1. The average Bonchev–Trinajstić information content (AvgIpc) is 2.68. The van der Waals surface area contributed by atoms with Crippen molar-refractivity contribution in [3.8, 4) is 11.6 Å². The number of carbonyl (C=O) groups excluding carboxylic acids is 1. The van der Waals surface area contributed by atoms with Crippen molar-refractivity contribution in [3.05, 3.63) is 90.1 Å². The largest absolute Gasteiger partial charge is 0.437 e. The van der Waals surface area contributed by atoms with Crippen molar-refractivity contribution in [1.29, 1.82) is 0 Å². The summed E-state index contributed by atoms with van der Waals surface area (Å²) < 4.78 is 18.6. The second-order valence-electron chi connectivity index (χ2n) is 5.83. The van der Waals surface area contributed by atoms with Gasteiger partial charge in [0.2, 0.25) is 11.8 Å². The van der Waals surface area contributed by atoms with Crippen LogP contribution in [0.1, 0.15) is 24.1 Å². The van der Waals surface area contributed by atoms with Crippen LogP contribution in [0.2, 0.25) is 0 Å². The summed E-state index contributed by atoms with van der Waals surface area (Å²) in [6.07, 6.45) is 7.70. The van der Waals surface area contributed by atoms with Gasteiger partial charge in [0, 0.05) is 18.5 Å². The molecule has 0 fully saturated rings. The number of nitrogens with zero attached hydrogens (tertiary/aromatic N) is 2. The maximum atomic E-state index is 12.9. The molecule has 0 aliphatic heterocycles. The first kappa shape index (κ1) is 18.3. The Balaban J connectivity index is 1.61. The third-order valence-corrected chi connectivity index (χ3v) is 3.78. The highest BCUT2D eigenvalue weighted by atomic mass is 19.1. The van der Waals surface area contributed by atoms with E-state index < -0.39 is 0 Å². The normalized spacial score (nSPS) is 11.9. The lowest BCUT2D eigenvalue weighted by atomic mass is 10.1. The van der Waals surface area contributed by atoms with Gasteiger partial charge in [-0.25, -0.2) is 9.37 Å². The molecule has 0 aliphatic carbocycles. The number of ether oxygens (including phenoxy) is 1. The Bertz CT molecular complexity index is 928. The number of amides is 1. The Morgan fingerprint density at radius 1 is 1.19 bits per heavy atom. The predicted octanol–water partition coefficient (Wildman–Crippen LogP) is 4.30. The van der Waals surface area contributed by atoms with Crippen molar-refractivity contribution in [3.63, 3.8) is 0 Å². The molecule has 0 aliphatic rings. The van der Waals surface area contributed by atoms with Crippen LogP contribution in [0, 0.1) is 5.82 Å². The maximum absolute atomic E-state index is 12.9. The molecule has 1 aromatic heterocycles.